The van der Waals surface area contributed by atoms with Gasteiger partial charge in [-0.15, -0.1) is 0 Å². The van der Waals surface area contributed by atoms with Gasteiger partial charge in [-0.1, -0.05) is 27.7 Å². The average Bonchev–Trinajstić information content (AvgIpc) is 2.38. The molecule has 6 heteroatoms. The van der Waals surface area contributed by atoms with Crippen molar-refractivity contribution in [2.45, 2.75) is 73.0 Å². The number of hydrogen-bond donors (Lipinski definition) is 0. The quantitative estimate of drug-likeness (QED) is 0.494. The number of esters is 1. The largest absolute Gasteiger partial charge is 0.464 e. The van der Waals surface area contributed by atoms with Crippen molar-refractivity contribution >= 4 is 12.1 Å². The van der Waals surface area contributed by atoms with Crippen LogP contribution in [0.3, 0.4) is 0 Å². The minimum absolute atomic E-state index is 0.0467. The minimum atomic E-state index is -1.15. The number of methoxy groups -OCH3 is 1. The van der Waals surface area contributed by atoms with E-state index in [-0.39, 0.29) is 18.6 Å². The first-order valence-electron chi connectivity index (χ1n) is 8.50. The fraction of sp³-hybridized carbons (Fsp3) is 0.889. The Morgan fingerprint density at radius 1 is 1.00 bits per heavy atom. The molecule has 0 aromatic heterocycles. The molecule has 0 N–H and O–H groups in total. The van der Waals surface area contributed by atoms with Gasteiger partial charge in [0.1, 0.15) is 17.9 Å². The molecule has 0 fully saturated rings. The standard InChI is InChI=1S/C18H35NO5/c1-13(2)10-18(8,15(20)23-11-14(3)4)19(12-22-9)16(21)24-17(5,6)7/h13-14H,10-12H2,1-9H3/t18-/m0/s1. The smallest absolute Gasteiger partial charge is 0.413 e. The second kappa shape index (κ2) is 9.25. The van der Waals surface area contributed by atoms with E-state index in [1.54, 1.807) is 27.7 Å². The summed E-state index contributed by atoms with van der Waals surface area (Å²) in [5, 5.41) is 0. The molecule has 0 aromatic rings. The van der Waals surface area contributed by atoms with Crippen LogP contribution in [0.1, 0.15) is 61.8 Å². The summed E-state index contributed by atoms with van der Waals surface area (Å²) in [7, 11) is 1.48. The van der Waals surface area contributed by atoms with Crippen LogP contribution < -0.4 is 0 Å². The van der Waals surface area contributed by atoms with E-state index in [1.165, 1.54) is 12.0 Å². The molecule has 24 heavy (non-hydrogen) atoms. The lowest BCUT2D eigenvalue weighted by Gasteiger charge is -2.40. The summed E-state index contributed by atoms with van der Waals surface area (Å²) in [4.78, 5) is 26.7. The highest BCUT2D eigenvalue weighted by molar-refractivity contribution is 5.85. The lowest BCUT2D eigenvalue weighted by molar-refractivity contribution is -0.162. The summed E-state index contributed by atoms with van der Waals surface area (Å²) in [6, 6.07) is 0. The van der Waals surface area contributed by atoms with Gasteiger partial charge in [0.25, 0.3) is 0 Å². The van der Waals surface area contributed by atoms with Gasteiger partial charge in [0.05, 0.1) is 6.61 Å². The number of nitrogens with zero attached hydrogens (tertiary/aromatic N) is 1. The Balaban J connectivity index is 5.58. The molecule has 6 nitrogen and oxygen atoms in total. The van der Waals surface area contributed by atoms with Gasteiger partial charge >= 0.3 is 12.1 Å². The van der Waals surface area contributed by atoms with Crippen LogP contribution >= 0.6 is 0 Å². The van der Waals surface area contributed by atoms with Gasteiger partial charge in [-0.2, -0.15) is 0 Å². The Labute approximate surface area is 146 Å². The van der Waals surface area contributed by atoms with E-state index >= 15 is 0 Å². The molecule has 0 saturated heterocycles. The van der Waals surface area contributed by atoms with Crippen molar-refractivity contribution in [3.8, 4) is 0 Å². The Morgan fingerprint density at radius 2 is 1.54 bits per heavy atom. The van der Waals surface area contributed by atoms with Gasteiger partial charge in [-0.25, -0.2) is 9.59 Å². The van der Waals surface area contributed by atoms with E-state index in [1.807, 2.05) is 27.7 Å². The SMILES string of the molecule is COCN(C(=O)OC(C)(C)C)[C@@](C)(CC(C)C)C(=O)OCC(C)C. The molecule has 0 aliphatic carbocycles. The average molecular weight is 345 g/mol. The van der Waals surface area contributed by atoms with E-state index < -0.39 is 23.2 Å². The maximum atomic E-state index is 12.8. The van der Waals surface area contributed by atoms with Gasteiger partial charge in [0, 0.05) is 7.11 Å². The number of ether oxygens (including phenoxy) is 3. The van der Waals surface area contributed by atoms with Crippen LogP contribution in [-0.2, 0) is 19.0 Å². The molecule has 0 spiro atoms. The zero-order valence-corrected chi connectivity index (χ0v) is 16.8. The van der Waals surface area contributed by atoms with Crippen molar-refractivity contribution in [1.82, 2.24) is 4.90 Å². The molecule has 0 aromatic carbocycles. The summed E-state index contributed by atoms with van der Waals surface area (Å²) in [5.74, 6) is -0.0362. The first-order valence-corrected chi connectivity index (χ1v) is 8.50. The summed E-state index contributed by atoms with van der Waals surface area (Å²) in [5.41, 5.74) is -1.81. The second-order valence-electron chi connectivity index (χ2n) is 8.19. The summed E-state index contributed by atoms with van der Waals surface area (Å²) < 4.78 is 16.0. The highest BCUT2D eigenvalue weighted by Crippen LogP contribution is 2.28. The van der Waals surface area contributed by atoms with Crippen LogP contribution in [0.25, 0.3) is 0 Å². The Kier molecular flexibility index (Phi) is 8.75. The molecule has 0 heterocycles. The number of amides is 1. The lowest BCUT2D eigenvalue weighted by Crippen LogP contribution is -2.58. The summed E-state index contributed by atoms with van der Waals surface area (Å²) >= 11 is 0. The molecule has 0 bridgehead atoms. The van der Waals surface area contributed by atoms with Crippen LogP contribution in [0.5, 0.6) is 0 Å². The molecular weight excluding hydrogens is 310 g/mol. The van der Waals surface area contributed by atoms with Gasteiger partial charge in [-0.05, 0) is 46.0 Å². The Morgan fingerprint density at radius 3 is 1.92 bits per heavy atom. The number of hydrogen-bond acceptors (Lipinski definition) is 5. The van der Waals surface area contributed by atoms with E-state index in [0.717, 1.165) is 0 Å². The van der Waals surface area contributed by atoms with Gasteiger partial charge < -0.3 is 14.2 Å². The number of carbonyl (C=O) groups excluding carboxylic acids is 2. The van der Waals surface area contributed by atoms with E-state index in [9.17, 15) is 9.59 Å². The minimum Gasteiger partial charge on any atom is -0.464 e. The fourth-order valence-corrected chi connectivity index (χ4v) is 2.34. The molecule has 142 valence electrons. The van der Waals surface area contributed by atoms with Gasteiger partial charge in [0.15, 0.2) is 0 Å². The van der Waals surface area contributed by atoms with Gasteiger partial charge in [-0.3, -0.25) is 4.90 Å². The highest BCUT2D eigenvalue weighted by atomic mass is 16.6. The molecule has 0 unspecified atom stereocenters. The fourth-order valence-electron chi connectivity index (χ4n) is 2.34. The zero-order valence-electron chi connectivity index (χ0n) is 16.8. The number of carbonyl (C=O) groups is 2. The first-order chi connectivity index (χ1) is 10.8. The van der Waals surface area contributed by atoms with Crippen LogP contribution in [0, 0.1) is 11.8 Å². The predicted molar refractivity (Wildman–Crippen MR) is 93.6 cm³/mol. The molecular formula is C18H35NO5. The summed E-state index contributed by atoms with van der Waals surface area (Å²) in [6.07, 6.45) is -0.138. The third-order valence-corrected chi connectivity index (χ3v) is 3.26. The molecule has 0 aliphatic rings. The van der Waals surface area contributed by atoms with Crippen molar-refractivity contribution in [3.05, 3.63) is 0 Å². The van der Waals surface area contributed by atoms with Crippen LogP contribution in [0.4, 0.5) is 4.79 Å². The Bertz CT molecular complexity index is 414. The molecule has 0 radical (unpaired) electrons. The monoisotopic (exact) mass is 345 g/mol. The predicted octanol–water partition coefficient (Wildman–Crippen LogP) is 3.83. The third kappa shape index (κ3) is 7.51. The maximum Gasteiger partial charge on any atom is 0.413 e. The topological polar surface area (TPSA) is 65.1 Å². The maximum absolute atomic E-state index is 12.8. The van der Waals surface area contributed by atoms with Crippen molar-refractivity contribution in [3.63, 3.8) is 0 Å². The van der Waals surface area contributed by atoms with Crippen molar-refractivity contribution in [2.24, 2.45) is 11.8 Å². The Hall–Kier alpha value is -1.30. The molecule has 0 aliphatic heterocycles. The van der Waals surface area contributed by atoms with Crippen molar-refractivity contribution in [1.29, 1.82) is 0 Å². The lowest BCUT2D eigenvalue weighted by atomic mass is 9.89. The van der Waals surface area contributed by atoms with Crippen LogP contribution in [0.15, 0.2) is 0 Å². The van der Waals surface area contributed by atoms with E-state index in [4.69, 9.17) is 14.2 Å². The molecule has 0 saturated carbocycles. The van der Waals surface area contributed by atoms with Gasteiger partial charge in [0.2, 0.25) is 0 Å². The highest BCUT2D eigenvalue weighted by Gasteiger charge is 2.45. The normalized spacial score (nSPS) is 14.5. The zero-order chi connectivity index (χ0) is 19.1. The third-order valence-electron chi connectivity index (χ3n) is 3.26. The molecule has 1 amide bonds. The van der Waals surface area contributed by atoms with E-state index in [2.05, 4.69) is 0 Å². The summed E-state index contributed by atoms with van der Waals surface area (Å²) in [6.45, 7) is 15.2. The molecule has 0 rings (SSSR count). The van der Waals surface area contributed by atoms with Crippen LogP contribution in [0.2, 0.25) is 0 Å². The van der Waals surface area contributed by atoms with Crippen molar-refractivity contribution in [2.75, 3.05) is 20.4 Å². The van der Waals surface area contributed by atoms with Crippen LogP contribution in [-0.4, -0.2) is 48.5 Å². The van der Waals surface area contributed by atoms with E-state index in [0.29, 0.717) is 13.0 Å². The second-order valence-corrected chi connectivity index (χ2v) is 8.19. The first kappa shape index (κ1) is 22.7. The number of rotatable bonds is 8. The van der Waals surface area contributed by atoms with Crippen molar-refractivity contribution < 1.29 is 23.8 Å². The molecule has 1 atom stereocenters.